The second-order valence-corrected chi connectivity index (χ2v) is 7.53. The lowest BCUT2D eigenvalue weighted by Gasteiger charge is -2.24. The zero-order chi connectivity index (χ0) is 21.1. The predicted octanol–water partition coefficient (Wildman–Crippen LogP) is 3.72. The fraction of sp³-hybridized carbons (Fsp3) is 0.318. The molecule has 1 atom stereocenters. The van der Waals surface area contributed by atoms with Crippen molar-refractivity contribution in [3.63, 3.8) is 0 Å². The lowest BCUT2D eigenvalue weighted by Crippen LogP contribution is -2.36. The fourth-order valence-corrected chi connectivity index (χ4v) is 4.03. The summed E-state index contributed by atoms with van der Waals surface area (Å²) in [6.07, 6.45) is 3.79. The van der Waals surface area contributed by atoms with Crippen LogP contribution in [0.1, 0.15) is 41.0 Å². The maximum absolute atomic E-state index is 13.2. The summed E-state index contributed by atoms with van der Waals surface area (Å²) in [6.45, 7) is 2.47. The molecule has 1 amide bonds. The van der Waals surface area contributed by atoms with E-state index in [2.05, 4.69) is 22.4 Å². The lowest BCUT2D eigenvalue weighted by molar-refractivity contribution is -0.384. The first-order valence-electron chi connectivity index (χ1n) is 10.1. The van der Waals surface area contributed by atoms with Gasteiger partial charge in [0.2, 0.25) is 0 Å². The average molecular weight is 405 g/mol. The first-order chi connectivity index (χ1) is 14.5. The molecule has 0 saturated carbocycles. The van der Waals surface area contributed by atoms with Crippen LogP contribution in [0.2, 0.25) is 0 Å². The van der Waals surface area contributed by atoms with Crippen LogP contribution in [0.15, 0.2) is 54.6 Å². The second-order valence-electron chi connectivity index (χ2n) is 7.53. The Morgan fingerprint density at radius 3 is 2.77 bits per heavy atom. The first-order valence-corrected chi connectivity index (χ1v) is 10.1. The number of nitrogens with zero attached hydrogens (tertiary/aromatic N) is 5. The van der Waals surface area contributed by atoms with Crippen LogP contribution in [-0.4, -0.2) is 43.3 Å². The van der Waals surface area contributed by atoms with Crippen LogP contribution in [-0.2, 0) is 6.42 Å². The molecular weight excluding hydrogens is 382 g/mol. The molecule has 8 heteroatoms. The van der Waals surface area contributed by atoms with E-state index in [1.807, 2.05) is 23.1 Å². The Labute approximate surface area is 174 Å². The van der Waals surface area contributed by atoms with Crippen LogP contribution >= 0.6 is 0 Å². The van der Waals surface area contributed by atoms with Crippen LogP contribution in [0.5, 0.6) is 0 Å². The summed E-state index contributed by atoms with van der Waals surface area (Å²) in [5, 5.41) is 19.3. The highest BCUT2D eigenvalue weighted by molar-refractivity contribution is 5.93. The summed E-state index contributed by atoms with van der Waals surface area (Å²) in [6, 6.07) is 16.6. The maximum Gasteiger partial charge on any atom is 0.276 e. The highest BCUT2D eigenvalue weighted by atomic mass is 16.6. The smallest absolute Gasteiger partial charge is 0.276 e. The van der Waals surface area contributed by atoms with Crippen molar-refractivity contribution in [1.82, 2.24) is 19.9 Å². The summed E-state index contributed by atoms with van der Waals surface area (Å²) < 4.78 is 1.48. The quantitative estimate of drug-likeness (QED) is 0.460. The molecule has 154 valence electrons. The maximum atomic E-state index is 13.2. The van der Waals surface area contributed by atoms with Gasteiger partial charge in [-0.05, 0) is 44.2 Å². The summed E-state index contributed by atoms with van der Waals surface area (Å²) in [5.74, 6) is -0.125. The van der Waals surface area contributed by atoms with Crippen LogP contribution in [0.3, 0.4) is 0 Å². The molecule has 1 unspecified atom stereocenters. The normalized spacial score (nSPS) is 16.0. The largest absolute Gasteiger partial charge is 0.334 e. The molecule has 1 aliphatic heterocycles. The highest BCUT2D eigenvalue weighted by Gasteiger charge is 2.32. The van der Waals surface area contributed by atoms with E-state index >= 15 is 0 Å². The van der Waals surface area contributed by atoms with Crippen molar-refractivity contribution in [2.24, 2.45) is 0 Å². The summed E-state index contributed by atoms with van der Waals surface area (Å²) >= 11 is 0. The molecule has 1 aromatic heterocycles. The third-order valence-corrected chi connectivity index (χ3v) is 5.63. The van der Waals surface area contributed by atoms with Gasteiger partial charge >= 0.3 is 0 Å². The Bertz CT molecular complexity index is 1060. The predicted molar refractivity (Wildman–Crippen MR) is 112 cm³/mol. The van der Waals surface area contributed by atoms with E-state index in [4.69, 9.17) is 0 Å². The minimum absolute atomic E-state index is 0.0317. The minimum Gasteiger partial charge on any atom is -0.334 e. The molecule has 2 aromatic carbocycles. The third kappa shape index (κ3) is 3.94. The number of hydrogen-bond donors (Lipinski definition) is 0. The van der Waals surface area contributed by atoms with Gasteiger partial charge in [-0.25, -0.2) is 4.68 Å². The molecule has 30 heavy (non-hydrogen) atoms. The number of benzene rings is 2. The van der Waals surface area contributed by atoms with Crippen LogP contribution in [0.25, 0.3) is 5.69 Å². The minimum atomic E-state index is -0.455. The Kier molecular flexibility index (Phi) is 5.56. The molecule has 1 saturated heterocycles. The number of rotatable bonds is 6. The van der Waals surface area contributed by atoms with Gasteiger partial charge in [0.1, 0.15) is 0 Å². The van der Waals surface area contributed by atoms with Crippen molar-refractivity contribution in [2.75, 3.05) is 6.54 Å². The standard InChI is InChI=1S/C22H23N5O3/c1-16-21(23-24-26(16)19-9-5-10-20(15-19)27(29)30)22(28)25-14-6-11-18(25)13-12-17-7-3-2-4-8-17/h2-5,7-10,15,18H,6,11-14H2,1H3. The van der Waals surface area contributed by atoms with Crippen LogP contribution in [0, 0.1) is 17.0 Å². The number of non-ortho nitro benzene ring substituents is 1. The van der Waals surface area contributed by atoms with Gasteiger partial charge in [-0.15, -0.1) is 5.10 Å². The molecule has 1 aliphatic rings. The van der Waals surface area contributed by atoms with Gasteiger partial charge in [-0.3, -0.25) is 14.9 Å². The van der Waals surface area contributed by atoms with Crippen molar-refractivity contribution in [3.8, 4) is 5.69 Å². The molecule has 1 fully saturated rings. The van der Waals surface area contributed by atoms with Gasteiger partial charge in [0.15, 0.2) is 5.69 Å². The van der Waals surface area contributed by atoms with Crippen molar-refractivity contribution < 1.29 is 9.72 Å². The van der Waals surface area contributed by atoms with E-state index in [1.54, 1.807) is 19.1 Å². The Morgan fingerprint density at radius 1 is 1.20 bits per heavy atom. The number of hydrogen-bond acceptors (Lipinski definition) is 5. The van der Waals surface area contributed by atoms with E-state index in [0.29, 0.717) is 23.6 Å². The number of aryl methyl sites for hydroxylation is 1. The summed E-state index contributed by atoms with van der Waals surface area (Å²) in [7, 11) is 0. The Hall–Kier alpha value is -3.55. The number of aromatic nitrogens is 3. The zero-order valence-electron chi connectivity index (χ0n) is 16.8. The van der Waals surface area contributed by atoms with Gasteiger partial charge in [0.25, 0.3) is 11.6 Å². The number of nitro groups is 1. The number of amides is 1. The fourth-order valence-electron chi connectivity index (χ4n) is 4.03. The molecule has 0 N–H and O–H groups in total. The molecule has 0 aliphatic carbocycles. The number of carbonyl (C=O) groups excluding carboxylic acids is 1. The molecule has 0 radical (unpaired) electrons. The van der Waals surface area contributed by atoms with Crippen molar-refractivity contribution in [1.29, 1.82) is 0 Å². The van der Waals surface area contributed by atoms with Crippen LogP contribution in [0.4, 0.5) is 5.69 Å². The number of carbonyl (C=O) groups is 1. The van der Waals surface area contributed by atoms with Crippen molar-refractivity contribution in [3.05, 3.63) is 81.7 Å². The van der Waals surface area contributed by atoms with E-state index in [0.717, 1.165) is 25.7 Å². The molecule has 3 aromatic rings. The molecule has 0 bridgehead atoms. The van der Waals surface area contributed by atoms with E-state index < -0.39 is 4.92 Å². The van der Waals surface area contributed by atoms with E-state index in [9.17, 15) is 14.9 Å². The zero-order valence-corrected chi connectivity index (χ0v) is 16.8. The molecule has 2 heterocycles. The van der Waals surface area contributed by atoms with Crippen molar-refractivity contribution >= 4 is 11.6 Å². The molecule has 4 rings (SSSR count). The topological polar surface area (TPSA) is 94.2 Å². The first kappa shape index (κ1) is 19.8. The van der Waals surface area contributed by atoms with Crippen LogP contribution < -0.4 is 0 Å². The summed E-state index contributed by atoms with van der Waals surface area (Å²) in [5.41, 5.74) is 2.62. The Morgan fingerprint density at radius 2 is 2.00 bits per heavy atom. The number of nitro benzene ring substituents is 1. The van der Waals surface area contributed by atoms with Gasteiger partial charge in [-0.1, -0.05) is 41.6 Å². The van der Waals surface area contributed by atoms with E-state index in [1.165, 1.54) is 22.4 Å². The second kappa shape index (κ2) is 8.44. The van der Waals surface area contributed by atoms with Crippen molar-refractivity contribution in [2.45, 2.75) is 38.6 Å². The average Bonchev–Trinajstić information content (AvgIpc) is 3.39. The molecule has 8 nitrogen and oxygen atoms in total. The third-order valence-electron chi connectivity index (χ3n) is 5.63. The highest BCUT2D eigenvalue weighted by Crippen LogP contribution is 2.25. The lowest BCUT2D eigenvalue weighted by atomic mass is 10.0. The van der Waals surface area contributed by atoms with Gasteiger partial charge in [0, 0.05) is 24.7 Å². The van der Waals surface area contributed by atoms with Gasteiger partial charge < -0.3 is 4.90 Å². The molecular formula is C22H23N5O3. The van der Waals surface area contributed by atoms with E-state index in [-0.39, 0.29) is 17.6 Å². The van der Waals surface area contributed by atoms with Gasteiger partial charge in [0.05, 0.1) is 16.3 Å². The Balaban J connectivity index is 1.52. The SMILES string of the molecule is Cc1c(C(=O)N2CCCC2CCc2ccccc2)nnn1-c1cccc([N+](=O)[O-])c1. The van der Waals surface area contributed by atoms with Gasteiger partial charge in [-0.2, -0.15) is 0 Å². The summed E-state index contributed by atoms with van der Waals surface area (Å²) in [4.78, 5) is 25.7. The number of likely N-dealkylation sites (tertiary alicyclic amines) is 1. The monoisotopic (exact) mass is 405 g/mol. The molecule has 0 spiro atoms.